The largest absolute Gasteiger partial charge is 0.466 e. The monoisotopic (exact) mass is 408 g/mol. The van der Waals surface area contributed by atoms with Gasteiger partial charge in [-0.3, -0.25) is 9.59 Å². The molecule has 1 fully saturated rings. The Morgan fingerprint density at radius 3 is 2.57 bits per heavy atom. The van der Waals surface area contributed by atoms with E-state index in [2.05, 4.69) is 0 Å². The van der Waals surface area contributed by atoms with Crippen molar-refractivity contribution in [1.29, 1.82) is 0 Å². The van der Waals surface area contributed by atoms with Gasteiger partial charge in [0.25, 0.3) is 0 Å². The molecule has 1 saturated heterocycles. The Hall–Kier alpha value is -1.93. The average molecular weight is 409 g/mol. The first-order valence-corrected chi connectivity index (χ1v) is 11.5. The predicted octanol–water partition coefficient (Wildman–Crippen LogP) is 1.56. The van der Waals surface area contributed by atoms with Gasteiger partial charge in [0.15, 0.2) is 0 Å². The van der Waals surface area contributed by atoms with Gasteiger partial charge < -0.3 is 9.64 Å². The van der Waals surface area contributed by atoms with Crippen LogP contribution in [-0.4, -0.2) is 61.0 Å². The molecule has 1 amide bonds. The number of sulfonamides is 1. The van der Waals surface area contributed by atoms with Crippen molar-refractivity contribution in [1.82, 2.24) is 9.21 Å². The minimum absolute atomic E-state index is 0.0512. The van der Waals surface area contributed by atoms with Crippen molar-refractivity contribution in [2.75, 3.05) is 25.4 Å². The number of esters is 1. The lowest BCUT2D eigenvalue weighted by atomic mass is 9.93. The highest BCUT2D eigenvalue weighted by atomic mass is 32.2. The van der Waals surface area contributed by atoms with E-state index in [9.17, 15) is 18.0 Å². The van der Waals surface area contributed by atoms with E-state index in [1.165, 1.54) is 4.31 Å². The fraction of sp³-hybridized carbons (Fsp3) is 0.600. The first-order valence-electron chi connectivity index (χ1n) is 9.89. The zero-order valence-electron chi connectivity index (χ0n) is 16.5. The molecule has 1 aromatic carbocycles. The summed E-state index contributed by atoms with van der Waals surface area (Å²) in [5.41, 5.74) is 1.94. The van der Waals surface area contributed by atoms with Gasteiger partial charge in [-0.15, -0.1) is 0 Å². The Bertz CT molecular complexity index is 839. The maximum atomic E-state index is 13.3. The number of hydrogen-bond acceptors (Lipinski definition) is 5. The van der Waals surface area contributed by atoms with Crippen molar-refractivity contribution >= 4 is 21.9 Å². The molecular weight excluding hydrogens is 380 g/mol. The molecule has 8 heteroatoms. The molecule has 0 aromatic heterocycles. The van der Waals surface area contributed by atoms with Gasteiger partial charge >= 0.3 is 5.97 Å². The lowest BCUT2D eigenvalue weighted by Gasteiger charge is -2.39. The second-order valence-corrected chi connectivity index (χ2v) is 9.52. The summed E-state index contributed by atoms with van der Waals surface area (Å²) >= 11 is 0. The highest BCUT2D eigenvalue weighted by Gasteiger charge is 2.41. The van der Waals surface area contributed by atoms with E-state index in [0.717, 1.165) is 11.1 Å². The summed E-state index contributed by atoms with van der Waals surface area (Å²) in [5.74, 6) is -0.901. The number of fused-ring (bicyclic) bond motifs is 1. The van der Waals surface area contributed by atoms with E-state index in [1.54, 1.807) is 18.7 Å². The van der Waals surface area contributed by atoms with Crippen molar-refractivity contribution in [3.05, 3.63) is 35.4 Å². The highest BCUT2D eigenvalue weighted by Crippen LogP contribution is 2.28. The van der Waals surface area contributed by atoms with Crippen molar-refractivity contribution < 1.29 is 22.7 Å². The van der Waals surface area contributed by atoms with Crippen molar-refractivity contribution in [2.45, 2.75) is 45.7 Å². The lowest BCUT2D eigenvalue weighted by molar-refractivity contribution is -0.152. The van der Waals surface area contributed by atoms with E-state index in [0.29, 0.717) is 32.4 Å². The molecule has 2 aliphatic heterocycles. The van der Waals surface area contributed by atoms with Gasteiger partial charge in [0.05, 0.1) is 18.3 Å². The van der Waals surface area contributed by atoms with Crippen molar-refractivity contribution in [3.63, 3.8) is 0 Å². The quantitative estimate of drug-likeness (QED) is 0.691. The molecule has 2 atom stereocenters. The van der Waals surface area contributed by atoms with Crippen LogP contribution >= 0.6 is 0 Å². The summed E-state index contributed by atoms with van der Waals surface area (Å²) in [5, 5.41) is 0. The van der Waals surface area contributed by atoms with E-state index in [4.69, 9.17) is 4.74 Å². The van der Waals surface area contributed by atoms with Crippen LogP contribution in [0.5, 0.6) is 0 Å². The van der Waals surface area contributed by atoms with Crippen LogP contribution < -0.4 is 0 Å². The summed E-state index contributed by atoms with van der Waals surface area (Å²) in [4.78, 5) is 27.1. The Balaban J connectivity index is 1.84. The lowest BCUT2D eigenvalue weighted by Crippen LogP contribution is -2.56. The van der Waals surface area contributed by atoms with Crippen LogP contribution in [0, 0.1) is 5.92 Å². The number of carbonyl (C=O) groups excluding carboxylic acids is 2. The van der Waals surface area contributed by atoms with Crippen LogP contribution in [0.15, 0.2) is 24.3 Å². The second-order valence-electron chi connectivity index (χ2n) is 7.31. The van der Waals surface area contributed by atoms with E-state index >= 15 is 0 Å². The minimum Gasteiger partial charge on any atom is -0.466 e. The highest BCUT2D eigenvalue weighted by molar-refractivity contribution is 7.89. The van der Waals surface area contributed by atoms with Crippen LogP contribution in [0.1, 0.15) is 37.8 Å². The molecule has 7 nitrogen and oxygen atoms in total. The third kappa shape index (κ3) is 4.22. The standard InChI is InChI=1S/C20H28N2O5S/c1-3-27-20(24)17-10-7-11-21(13-17)19(23)18-12-15-8-5-6-9-16(15)14-22(18)28(25,26)4-2/h5-6,8-9,17-18H,3-4,7,10-14H2,1-2H3/t17-,18+/m1/s1. The number of piperidine rings is 1. The normalized spacial score (nSPS) is 23.1. The van der Waals surface area contributed by atoms with E-state index < -0.39 is 16.1 Å². The molecule has 0 radical (unpaired) electrons. The Kier molecular flexibility index (Phi) is 6.40. The van der Waals surface area contributed by atoms with Gasteiger partial charge in [-0.2, -0.15) is 4.31 Å². The second kappa shape index (κ2) is 8.61. The number of amides is 1. The van der Waals surface area contributed by atoms with Gasteiger partial charge in [-0.1, -0.05) is 24.3 Å². The SMILES string of the molecule is CCOC(=O)[C@@H]1CCCN(C(=O)[C@@H]2Cc3ccccc3CN2S(=O)(=O)CC)C1. The van der Waals surface area contributed by atoms with E-state index in [-0.39, 0.29) is 36.6 Å². The molecule has 0 aliphatic carbocycles. The average Bonchev–Trinajstić information content (AvgIpc) is 2.72. The smallest absolute Gasteiger partial charge is 0.310 e. The number of rotatable bonds is 5. The molecule has 0 saturated carbocycles. The Morgan fingerprint density at radius 1 is 1.18 bits per heavy atom. The maximum absolute atomic E-state index is 13.3. The molecule has 0 unspecified atom stereocenters. The topological polar surface area (TPSA) is 84.0 Å². The van der Waals surface area contributed by atoms with E-state index in [1.807, 2.05) is 24.3 Å². The third-order valence-corrected chi connectivity index (χ3v) is 7.39. The summed E-state index contributed by atoms with van der Waals surface area (Å²) in [6, 6.07) is 6.88. The summed E-state index contributed by atoms with van der Waals surface area (Å²) in [6.45, 7) is 4.69. The van der Waals surface area contributed by atoms with Crippen LogP contribution in [0.3, 0.4) is 0 Å². The number of likely N-dealkylation sites (tertiary alicyclic amines) is 1. The number of nitrogens with zero attached hydrogens (tertiary/aromatic N) is 2. The zero-order chi connectivity index (χ0) is 20.3. The number of ether oxygens (including phenoxy) is 1. The molecule has 2 heterocycles. The van der Waals surface area contributed by atoms with Gasteiger partial charge in [0, 0.05) is 19.6 Å². The van der Waals surface area contributed by atoms with Crippen LogP contribution in [-0.2, 0) is 37.3 Å². The maximum Gasteiger partial charge on any atom is 0.310 e. The van der Waals surface area contributed by atoms with Gasteiger partial charge in [0.2, 0.25) is 15.9 Å². The molecule has 1 aromatic rings. The molecule has 154 valence electrons. The Labute approximate surface area is 166 Å². The summed E-state index contributed by atoms with van der Waals surface area (Å²) in [7, 11) is -3.54. The molecule has 28 heavy (non-hydrogen) atoms. The van der Waals surface area contributed by atoms with Crippen molar-refractivity contribution in [3.8, 4) is 0 Å². The van der Waals surface area contributed by atoms with Crippen LogP contribution in [0.2, 0.25) is 0 Å². The third-order valence-electron chi connectivity index (χ3n) is 5.57. The predicted molar refractivity (Wildman–Crippen MR) is 105 cm³/mol. The fourth-order valence-electron chi connectivity index (χ4n) is 4.01. The number of carbonyl (C=O) groups is 2. The number of hydrogen-bond donors (Lipinski definition) is 0. The summed E-state index contributed by atoms with van der Waals surface area (Å²) in [6.07, 6.45) is 1.75. The first-order chi connectivity index (χ1) is 13.4. The Morgan fingerprint density at radius 2 is 1.89 bits per heavy atom. The van der Waals surface area contributed by atoms with Crippen molar-refractivity contribution in [2.24, 2.45) is 5.92 Å². The molecule has 3 rings (SSSR count). The molecule has 2 aliphatic rings. The molecule has 0 spiro atoms. The number of benzene rings is 1. The summed E-state index contributed by atoms with van der Waals surface area (Å²) < 4.78 is 31.9. The zero-order valence-corrected chi connectivity index (χ0v) is 17.3. The molecular formula is C20H28N2O5S. The first kappa shape index (κ1) is 20.8. The van der Waals surface area contributed by atoms with Gasteiger partial charge in [0.1, 0.15) is 6.04 Å². The fourth-order valence-corrected chi connectivity index (χ4v) is 5.23. The molecule has 0 bridgehead atoms. The molecule has 0 N–H and O–H groups in total. The van der Waals surface area contributed by atoms with Gasteiger partial charge in [-0.25, -0.2) is 8.42 Å². The van der Waals surface area contributed by atoms with Crippen LogP contribution in [0.4, 0.5) is 0 Å². The minimum atomic E-state index is -3.54. The van der Waals surface area contributed by atoms with Crippen LogP contribution in [0.25, 0.3) is 0 Å². The van der Waals surface area contributed by atoms with Gasteiger partial charge in [-0.05, 0) is 44.2 Å².